The van der Waals surface area contributed by atoms with Crippen molar-refractivity contribution in [1.82, 2.24) is 10.2 Å². The van der Waals surface area contributed by atoms with Gasteiger partial charge < -0.3 is 15.3 Å². The Morgan fingerprint density at radius 3 is 2.14 bits per heavy atom. The average Bonchev–Trinajstić information content (AvgIpc) is 2.77. The lowest BCUT2D eigenvalue weighted by Gasteiger charge is -2.32. The second kappa shape index (κ2) is 9.87. The highest BCUT2D eigenvalue weighted by Crippen LogP contribution is 2.21. The Balaban J connectivity index is 1.48. The van der Waals surface area contributed by atoms with Crippen LogP contribution in [0.25, 0.3) is 0 Å². The molecule has 0 spiro atoms. The second-order valence-corrected chi connectivity index (χ2v) is 7.33. The molecule has 2 amide bonds. The Morgan fingerprint density at radius 1 is 0.966 bits per heavy atom. The minimum Gasteiger partial charge on any atom is -0.479 e. The molecule has 1 fully saturated rings. The van der Waals surface area contributed by atoms with Crippen molar-refractivity contribution in [3.8, 4) is 0 Å². The average molecular weight is 394 g/mol. The number of aryl methyl sites for hydroxylation is 1. The lowest BCUT2D eigenvalue weighted by atomic mass is 9.94. The molecule has 2 aromatic carbocycles. The number of likely N-dealkylation sites (tertiary alicyclic amines) is 1. The number of carboxylic acid groups (broad SMARTS) is 1. The van der Waals surface area contributed by atoms with Crippen LogP contribution in [0, 0.1) is 5.92 Å². The molecule has 1 aliphatic heterocycles. The van der Waals surface area contributed by atoms with E-state index in [2.05, 4.69) is 5.32 Å². The number of piperidine rings is 1. The third-order valence-electron chi connectivity index (χ3n) is 5.36. The number of carbonyl (C=O) groups is 3. The van der Waals surface area contributed by atoms with Crippen LogP contribution in [0.15, 0.2) is 60.7 Å². The summed E-state index contributed by atoms with van der Waals surface area (Å²) in [6.07, 6.45) is 2.25. The van der Waals surface area contributed by atoms with Crippen LogP contribution in [0.2, 0.25) is 0 Å². The van der Waals surface area contributed by atoms with Gasteiger partial charge in [-0.3, -0.25) is 9.59 Å². The molecule has 1 heterocycles. The van der Waals surface area contributed by atoms with E-state index in [4.69, 9.17) is 0 Å². The molecule has 6 nitrogen and oxygen atoms in total. The van der Waals surface area contributed by atoms with Crippen LogP contribution < -0.4 is 5.32 Å². The van der Waals surface area contributed by atoms with Crippen molar-refractivity contribution in [3.63, 3.8) is 0 Å². The molecule has 1 saturated heterocycles. The molecule has 1 unspecified atom stereocenters. The maximum atomic E-state index is 12.6. The summed E-state index contributed by atoms with van der Waals surface area (Å²) in [6.45, 7) is 1.05. The van der Waals surface area contributed by atoms with Gasteiger partial charge in [0.15, 0.2) is 6.04 Å². The van der Waals surface area contributed by atoms with Crippen LogP contribution >= 0.6 is 0 Å². The maximum absolute atomic E-state index is 12.6. The molecule has 3 rings (SSSR count). The van der Waals surface area contributed by atoms with Gasteiger partial charge in [0.25, 0.3) is 0 Å². The highest BCUT2D eigenvalue weighted by molar-refractivity contribution is 5.86. The standard InChI is InChI=1S/C23H26N2O4/c26-20(12-11-17-7-3-1-4-8-17)25-15-13-19(14-16-25)22(27)24-21(23(28)29)18-9-5-2-6-10-18/h1-10,19,21H,11-16H2,(H,24,27)(H,28,29). The summed E-state index contributed by atoms with van der Waals surface area (Å²) < 4.78 is 0. The summed E-state index contributed by atoms with van der Waals surface area (Å²) in [5.41, 5.74) is 1.68. The van der Waals surface area contributed by atoms with E-state index in [0.717, 1.165) is 5.56 Å². The Kier molecular flexibility index (Phi) is 7.00. The smallest absolute Gasteiger partial charge is 0.330 e. The van der Waals surface area contributed by atoms with Crippen molar-refractivity contribution in [2.75, 3.05) is 13.1 Å². The maximum Gasteiger partial charge on any atom is 0.330 e. The molecule has 152 valence electrons. The van der Waals surface area contributed by atoms with Gasteiger partial charge in [-0.25, -0.2) is 4.79 Å². The van der Waals surface area contributed by atoms with Crippen molar-refractivity contribution < 1.29 is 19.5 Å². The summed E-state index contributed by atoms with van der Waals surface area (Å²) in [5, 5.41) is 12.1. The fourth-order valence-corrected chi connectivity index (χ4v) is 3.64. The molecule has 2 aromatic rings. The monoisotopic (exact) mass is 394 g/mol. The van der Waals surface area contributed by atoms with Crippen molar-refractivity contribution in [2.24, 2.45) is 5.92 Å². The van der Waals surface area contributed by atoms with Crippen molar-refractivity contribution >= 4 is 17.8 Å². The Labute approximate surface area is 170 Å². The molecule has 2 N–H and O–H groups in total. The first-order chi connectivity index (χ1) is 14.0. The molecular formula is C23H26N2O4. The van der Waals surface area contributed by atoms with Crippen molar-refractivity contribution in [2.45, 2.75) is 31.7 Å². The minimum atomic E-state index is -1.09. The molecular weight excluding hydrogens is 368 g/mol. The molecule has 6 heteroatoms. The topological polar surface area (TPSA) is 86.7 Å². The molecule has 0 aliphatic carbocycles. The van der Waals surface area contributed by atoms with Gasteiger partial charge in [-0.05, 0) is 30.4 Å². The summed E-state index contributed by atoms with van der Waals surface area (Å²) >= 11 is 0. The van der Waals surface area contributed by atoms with E-state index in [1.807, 2.05) is 30.3 Å². The fourth-order valence-electron chi connectivity index (χ4n) is 3.64. The van der Waals surface area contributed by atoms with E-state index < -0.39 is 12.0 Å². The summed E-state index contributed by atoms with van der Waals surface area (Å²) in [7, 11) is 0. The van der Waals surface area contributed by atoms with Gasteiger partial charge in [-0.1, -0.05) is 60.7 Å². The Bertz CT molecular complexity index is 830. The first-order valence-electron chi connectivity index (χ1n) is 9.94. The van der Waals surface area contributed by atoms with Gasteiger partial charge in [0.2, 0.25) is 11.8 Å². The quantitative estimate of drug-likeness (QED) is 0.756. The molecule has 0 bridgehead atoms. The summed E-state index contributed by atoms with van der Waals surface area (Å²) in [4.78, 5) is 38.4. The van der Waals surface area contributed by atoms with Crippen LogP contribution in [0.5, 0.6) is 0 Å². The first kappa shape index (κ1) is 20.6. The van der Waals surface area contributed by atoms with Crippen LogP contribution in [-0.4, -0.2) is 40.9 Å². The van der Waals surface area contributed by atoms with Gasteiger partial charge in [0, 0.05) is 25.4 Å². The number of carboxylic acids is 1. The normalized spacial score (nSPS) is 15.5. The number of nitrogens with one attached hydrogen (secondary N) is 1. The van der Waals surface area contributed by atoms with Gasteiger partial charge in [-0.15, -0.1) is 0 Å². The minimum absolute atomic E-state index is 0.0976. The molecule has 1 aliphatic rings. The van der Waals surface area contributed by atoms with E-state index in [0.29, 0.717) is 44.3 Å². The Morgan fingerprint density at radius 2 is 1.55 bits per heavy atom. The molecule has 1 atom stereocenters. The molecule has 29 heavy (non-hydrogen) atoms. The number of nitrogens with zero attached hydrogens (tertiary/aromatic N) is 1. The van der Waals surface area contributed by atoms with E-state index in [1.165, 1.54) is 0 Å². The van der Waals surface area contributed by atoms with Crippen molar-refractivity contribution in [1.29, 1.82) is 0 Å². The van der Waals surface area contributed by atoms with E-state index in [1.54, 1.807) is 35.2 Å². The third-order valence-corrected chi connectivity index (χ3v) is 5.36. The number of hydrogen-bond acceptors (Lipinski definition) is 3. The zero-order chi connectivity index (χ0) is 20.6. The SMILES string of the molecule is O=C(NC(C(=O)O)c1ccccc1)C1CCN(C(=O)CCc2ccccc2)CC1. The number of hydrogen-bond donors (Lipinski definition) is 2. The van der Waals surface area contributed by atoms with Gasteiger partial charge in [-0.2, -0.15) is 0 Å². The van der Waals surface area contributed by atoms with Gasteiger partial charge in [0.1, 0.15) is 0 Å². The summed E-state index contributed by atoms with van der Waals surface area (Å²) in [5.74, 6) is -1.53. The van der Waals surface area contributed by atoms with Crippen LogP contribution in [0.3, 0.4) is 0 Å². The Hall–Kier alpha value is -3.15. The second-order valence-electron chi connectivity index (χ2n) is 7.33. The van der Waals surface area contributed by atoms with Crippen molar-refractivity contribution in [3.05, 3.63) is 71.8 Å². The predicted molar refractivity (Wildman–Crippen MR) is 109 cm³/mol. The highest BCUT2D eigenvalue weighted by Gasteiger charge is 2.30. The molecule has 0 aromatic heterocycles. The zero-order valence-electron chi connectivity index (χ0n) is 16.3. The van der Waals surface area contributed by atoms with E-state index >= 15 is 0 Å². The van der Waals surface area contributed by atoms with E-state index in [9.17, 15) is 19.5 Å². The first-order valence-corrected chi connectivity index (χ1v) is 9.94. The van der Waals surface area contributed by atoms with Crippen LogP contribution in [0.1, 0.15) is 36.4 Å². The lowest BCUT2D eigenvalue weighted by molar-refractivity contribution is -0.143. The lowest BCUT2D eigenvalue weighted by Crippen LogP contribution is -2.44. The number of benzene rings is 2. The van der Waals surface area contributed by atoms with E-state index in [-0.39, 0.29) is 17.7 Å². The number of aliphatic carboxylic acids is 1. The van der Waals surface area contributed by atoms with Crippen LogP contribution in [0.4, 0.5) is 0 Å². The summed E-state index contributed by atoms with van der Waals surface area (Å²) in [6, 6.07) is 17.5. The number of carbonyl (C=O) groups excluding carboxylic acids is 2. The van der Waals surface area contributed by atoms with Crippen LogP contribution in [-0.2, 0) is 20.8 Å². The third kappa shape index (κ3) is 5.67. The van der Waals surface area contributed by atoms with Gasteiger partial charge in [0.05, 0.1) is 0 Å². The fraction of sp³-hybridized carbons (Fsp3) is 0.348. The number of amides is 2. The number of rotatable bonds is 7. The predicted octanol–water partition coefficient (Wildman–Crippen LogP) is 2.80. The zero-order valence-corrected chi connectivity index (χ0v) is 16.3. The van der Waals surface area contributed by atoms with Gasteiger partial charge >= 0.3 is 5.97 Å². The highest BCUT2D eigenvalue weighted by atomic mass is 16.4. The largest absolute Gasteiger partial charge is 0.479 e. The molecule has 0 saturated carbocycles. The molecule has 0 radical (unpaired) electrons.